The van der Waals surface area contributed by atoms with Gasteiger partial charge in [0.25, 0.3) is 5.91 Å². The maximum atomic E-state index is 12.1. The van der Waals surface area contributed by atoms with Gasteiger partial charge in [-0.05, 0) is 61.4 Å². The summed E-state index contributed by atoms with van der Waals surface area (Å²) in [5.74, 6) is -0.398. The van der Waals surface area contributed by atoms with Crippen molar-refractivity contribution in [1.29, 1.82) is 0 Å². The summed E-state index contributed by atoms with van der Waals surface area (Å²) in [5, 5.41) is 1.24. The fourth-order valence-electron chi connectivity index (χ4n) is 2.52. The first kappa shape index (κ1) is 17.8. The summed E-state index contributed by atoms with van der Waals surface area (Å²) in [7, 11) is 0. The maximum absolute atomic E-state index is 12.1. The predicted octanol–water partition coefficient (Wildman–Crippen LogP) is 3.54. The first-order valence-electron chi connectivity index (χ1n) is 7.90. The smallest absolute Gasteiger partial charge is 0.305 e. The van der Waals surface area contributed by atoms with Gasteiger partial charge in [0.05, 0.1) is 0 Å². The molecule has 0 aliphatic carbocycles. The molecule has 3 aromatic rings. The van der Waals surface area contributed by atoms with E-state index in [0.717, 1.165) is 11.1 Å². The van der Waals surface area contributed by atoms with Gasteiger partial charge in [-0.3, -0.25) is 20.4 Å². The lowest BCUT2D eigenvalue weighted by atomic mass is 10.1. The Morgan fingerprint density at radius 2 is 1.77 bits per heavy atom. The van der Waals surface area contributed by atoms with Crippen molar-refractivity contribution in [3.05, 3.63) is 64.4 Å². The predicted molar refractivity (Wildman–Crippen MR) is 98.2 cm³/mol. The molecule has 0 spiro atoms. The summed E-state index contributed by atoms with van der Waals surface area (Å²) < 4.78 is 10.8. The minimum atomic E-state index is -0.572. The van der Waals surface area contributed by atoms with Gasteiger partial charge in [-0.1, -0.05) is 17.7 Å². The minimum Gasteiger partial charge on any atom is -0.484 e. The molecule has 3 rings (SSSR count). The quantitative estimate of drug-likeness (QED) is 0.686. The Labute approximate surface area is 155 Å². The number of rotatable bonds is 4. The Morgan fingerprint density at radius 1 is 1.04 bits per heavy atom. The summed E-state index contributed by atoms with van der Waals surface area (Å²) in [5.41, 5.74) is 7.19. The van der Waals surface area contributed by atoms with Crippen molar-refractivity contribution < 1.29 is 18.7 Å². The molecule has 2 N–H and O–H groups in total. The number of carbonyl (C=O) groups is 2. The molecule has 1 aromatic heterocycles. The Kier molecular flexibility index (Phi) is 5.14. The number of fused-ring (bicyclic) bond motifs is 1. The molecule has 0 bridgehead atoms. The van der Waals surface area contributed by atoms with Crippen LogP contribution in [0, 0.1) is 13.8 Å². The fourth-order valence-corrected chi connectivity index (χ4v) is 2.70. The molecule has 134 valence electrons. The molecule has 26 heavy (non-hydrogen) atoms. The molecule has 0 saturated carbocycles. The number of ether oxygens (including phenoxy) is 1. The van der Waals surface area contributed by atoms with E-state index >= 15 is 0 Å². The molecule has 0 radical (unpaired) electrons. The zero-order valence-electron chi connectivity index (χ0n) is 14.3. The Morgan fingerprint density at radius 3 is 2.50 bits per heavy atom. The van der Waals surface area contributed by atoms with Crippen molar-refractivity contribution in [1.82, 2.24) is 10.9 Å². The highest BCUT2D eigenvalue weighted by atomic mass is 35.5. The molecule has 0 aliphatic heterocycles. The molecule has 0 aliphatic rings. The van der Waals surface area contributed by atoms with Crippen LogP contribution in [0.15, 0.2) is 46.9 Å². The van der Waals surface area contributed by atoms with Crippen molar-refractivity contribution >= 4 is 34.4 Å². The third-order valence-corrected chi connectivity index (χ3v) is 3.82. The van der Waals surface area contributed by atoms with Gasteiger partial charge in [0.2, 0.25) is 0 Å². The average Bonchev–Trinajstić information content (AvgIpc) is 3.00. The van der Waals surface area contributed by atoms with E-state index in [1.165, 1.54) is 0 Å². The SMILES string of the molecule is Cc1cc(C)cc(OCC(=O)NNC(=O)c2cc3cc(Cl)ccc3o2)c1. The second-order valence-electron chi connectivity index (χ2n) is 5.91. The fraction of sp³-hybridized carbons (Fsp3) is 0.158. The van der Waals surface area contributed by atoms with E-state index in [0.29, 0.717) is 21.7 Å². The topological polar surface area (TPSA) is 80.6 Å². The average molecular weight is 373 g/mol. The highest BCUT2D eigenvalue weighted by Crippen LogP contribution is 2.22. The summed E-state index contributed by atoms with van der Waals surface area (Å²) in [6.45, 7) is 3.67. The van der Waals surface area contributed by atoms with E-state index in [-0.39, 0.29) is 12.4 Å². The molecule has 1 heterocycles. The molecular weight excluding hydrogens is 356 g/mol. The highest BCUT2D eigenvalue weighted by molar-refractivity contribution is 6.31. The first-order chi connectivity index (χ1) is 12.4. The lowest BCUT2D eigenvalue weighted by Crippen LogP contribution is -2.43. The molecule has 0 saturated heterocycles. The molecular formula is C19H17ClN2O4. The molecule has 2 amide bonds. The minimum absolute atomic E-state index is 0.0674. The van der Waals surface area contributed by atoms with Crippen LogP contribution in [0.25, 0.3) is 11.0 Å². The van der Waals surface area contributed by atoms with Crippen LogP contribution in [-0.4, -0.2) is 18.4 Å². The number of aryl methyl sites for hydroxylation is 2. The largest absolute Gasteiger partial charge is 0.484 e. The number of hydrazine groups is 1. The maximum Gasteiger partial charge on any atom is 0.305 e. The van der Waals surface area contributed by atoms with Gasteiger partial charge in [-0.25, -0.2) is 0 Å². The lowest BCUT2D eigenvalue weighted by Gasteiger charge is -2.09. The highest BCUT2D eigenvalue weighted by Gasteiger charge is 2.13. The Hall–Kier alpha value is -2.99. The van der Waals surface area contributed by atoms with Crippen molar-refractivity contribution in [3.63, 3.8) is 0 Å². The van der Waals surface area contributed by atoms with Crippen LogP contribution in [0.4, 0.5) is 0 Å². The number of furan rings is 1. The Balaban J connectivity index is 1.53. The standard InChI is InChI=1S/C19H17ClN2O4/c1-11-5-12(2)7-15(6-11)25-10-18(23)21-22-19(24)17-9-13-8-14(20)3-4-16(13)26-17/h3-9H,10H2,1-2H3,(H,21,23)(H,22,24). The van der Waals surface area contributed by atoms with Crippen LogP contribution in [-0.2, 0) is 4.79 Å². The second kappa shape index (κ2) is 7.49. The van der Waals surface area contributed by atoms with E-state index in [1.54, 1.807) is 24.3 Å². The second-order valence-corrected chi connectivity index (χ2v) is 6.34. The van der Waals surface area contributed by atoms with Gasteiger partial charge >= 0.3 is 5.91 Å². The van der Waals surface area contributed by atoms with E-state index in [9.17, 15) is 9.59 Å². The van der Waals surface area contributed by atoms with Crippen LogP contribution in [0.2, 0.25) is 5.02 Å². The Bertz CT molecular complexity index is 961. The number of nitrogens with one attached hydrogen (secondary N) is 2. The summed E-state index contributed by atoms with van der Waals surface area (Å²) in [6, 6.07) is 12.2. The summed E-state index contributed by atoms with van der Waals surface area (Å²) >= 11 is 5.90. The van der Waals surface area contributed by atoms with Crippen molar-refractivity contribution in [2.75, 3.05) is 6.61 Å². The number of benzene rings is 2. The third kappa shape index (κ3) is 4.34. The molecule has 0 atom stereocenters. The normalized spacial score (nSPS) is 10.6. The molecule has 2 aromatic carbocycles. The summed E-state index contributed by atoms with van der Waals surface area (Å²) in [6.07, 6.45) is 0. The monoisotopic (exact) mass is 372 g/mol. The number of carbonyl (C=O) groups excluding carboxylic acids is 2. The van der Waals surface area contributed by atoms with E-state index < -0.39 is 11.8 Å². The van der Waals surface area contributed by atoms with E-state index in [2.05, 4.69) is 10.9 Å². The van der Waals surface area contributed by atoms with Crippen molar-refractivity contribution in [2.24, 2.45) is 0 Å². The zero-order chi connectivity index (χ0) is 18.7. The van der Waals surface area contributed by atoms with Crippen molar-refractivity contribution in [2.45, 2.75) is 13.8 Å². The lowest BCUT2D eigenvalue weighted by molar-refractivity contribution is -0.123. The van der Waals surface area contributed by atoms with Gasteiger partial charge in [-0.2, -0.15) is 0 Å². The molecule has 0 unspecified atom stereocenters. The van der Waals surface area contributed by atoms with E-state index in [1.807, 2.05) is 32.0 Å². The zero-order valence-corrected chi connectivity index (χ0v) is 15.0. The molecule has 0 fully saturated rings. The van der Waals surface area contributed by atoms with Gasteiger partial charge in [-0.15, -0.1) is 0 Å². The number of hydrogen-bond acceptors (Lipinski definition) is 4. The van der Waals surface area contributed by atoms with Crippen LogP contribution >= 0.6 is 11.6 Å². The number of amides is 2. The number of halogens is 1. The first-order valence-corrected chi connectivity index (χ1v) is 8.28. The van der Waals surface area contributed by atoms with E-state index in [4.69, 9.17) is 20.8 Å². The van der Waals surface area contributed by atoms with Gasteiger partial charge in [0.1, 0.15) is 11.3 Å². The van der Waals surface area contributed by atoms with Gasteiger partial charge in [0.15, 0.2) is 12.4 Å². The van der Waals surface area contributed by atoms with Crippen LogP contribution in [0.3, 0.4) is 0 Å². The van der Waals surface area contributed by atoms with Gasteiger partial charge < -0.3 is 9.15 Å². The summed E-state index contributed by atoms with van der Waals surface area (Å²) in [4.78, 5) is 23.9. The van der Waals surface area contributed by atoms with Crippen LogP contribution in [0.5, 0.6) is 5.75 Å². The molecule has 6 nitrogen and oxygen atoms in total. The van der Waals surface area contributed by atoms with Crippen molar-refractivity contribution in [3.8, 4) is 5.75 Å². The molecule has 7 heteroatoms. The van der Waals surface area contributed by atoms with Gasteiger partial charge in [0, 0.05) is 10.4 Å². The van der Waals surface area contributed by atoms with Crippen LogP contribution in [0.1, 0.15) is 21.7 Å². The third-order valence-electron chi connectivity index (χ3n) is 3.58. The number of hydrogen-bond donors (Lipinski definition) is 2. The van der Waals surface area contributed by atoms with Crippen LogP contribution < -0.4 is 15.6 Å².